The summed E-state index contributed by atoms with van der Waals surface area (Å²) in [4.78, 5) is -0.246. The van der Waals surface area contributed by atoms with Crippen molar-refractivity contribution in [2.24, 2.45) is 0 Å². The number of aryl methyl sites for hydroxylation is 2. The minimum atomic E-state index is -4.42. The van der Waals surface area contributed by atoms with Crippen LogP contribution < -0.4 is 0 Å². The Morgan fingerprint density at radius 1 is 0.513 bits per heavy atom. The van der Waals surface area contributed by atoms with Crippen molar-refractivity contribution in [3.63, 3.8) is 0 Å². The molecule has 0 unspecified atom stereocenters. The van der Waals surface area contributed by atoms with Crippen molar-refractivity contribution < 1.29 is 25.9 Å². The third kappa shape index (κ3) is 9.25. The summed E-state index contributed by atoms with van der Waals surface area (Å²) in [7, 11) is -8.84. The van der Waals surface area contributed by atoms with Gasteiger partial charge in [0.05, 0.1) is 9.79 Å². The SMILES string of the molecule is CCCCCc1ccc(S(=O)(=O)[O-])c2ccccc12.CCCCCc1ccc(S(=O)(=O)[O-])c2ccccc12.[Ca+2]. The van der Waals surface area contributed by atoms with Crippen molar-refractivity contribution in [3.05, 3.63) is 83.9 Å². The van der Waals surface area contributed by atoms with Gasteiger partial charge < -0.3 is 9.11 Å². The summed E-state index contributed by atoms with van der Waals surface area (Å²) in [5.41, 5.74) is 2.22. The molecule has 0 radical (unpaired) electrons. The van der Waals surface area contributed by atoms with Crippen molar-refractivity contribution in [1.82, 2.24) is 0 Å². The Balaban J connectivity index is 0.000000267. The number of hydrogen-bond acceptors (Lipinski definition) is 6. The second-order valence-electron chi connectivity index (χ2n) is 9.36. The first-order valence-electron chi connectivity index (χ1n) is 13.0. The summed E-state index contributed by atoms with van der Waals surface area (Å²) < 4.78 is 67.6. The van der Waals surface area contributed by atoms with Crippen LogP contribution in [0, 0.1) is 0 Å². The summed E-state index contributed by atoms with van der Waals surface area (Å²) in [6, 6.07) is 20.8. The van der Waals surface area contributed by atoms with Gasteiger partial charge >= 0.3 is 37.7 Å². The van der Waals surface area contributed by atoms with E-state index in [4.69, 9.17) is 0 Å². The summed E-state index contributed by atoms with van der Waals surface area (Å²) in [5, 5.41) is 2.81. The standard InChI is InChI=1S/2C15H18O3S.Ca/c2*1-2-3-4-7-12-10-11-15(19(16,17)18)14-9-6-5-8-13(12)14;/h2*5-6,8-11H,2-4,7H2,1H3,(H,16,17,18);/q;;+2/p-2. The van der Waals surface area contributed by atoms with Gasteiger partial charge in [0.1, 0.15) is 20.2 Å². The Bertz CT molecular complexity index is 1480. The zero-order valence-corrected chi connectivity index (χ0v) is 26.4. The Kier molecular flexibility index (Phi) is 13.4. The molecule has 0 aliphatic carbocycles. The van der Waals surface area contributed by atoms with Crippen LogP contribution in [-0.4, -0.2) is 63.7 Å². The average molecular weight is 595 g/mol. The van der Waals surface area contributed by atoms with Crippen molar-refractivity contribution in [3.8, 4) is 0 Å². The number of benzene rings is 4. The molecule has 0 saturated carbocycles. The molecule has 0 heterocycles. The number of hydrogen-bond donors (Lipinski definition) is 0. The molecule has 0 N–H and O–H groups in total. The molecular formula is C30H34CaO6S2. The second-order valence-corrected chi connectivity index (χ2v) is 12.1. The van der Waals surface area contributed by atoms with Crippen LogP contribution in [0.3, 0.4) is 0 Å². The van der Waals surface area contributed by atoms with Gasteiger partial charge in [0.2, 0.25) is 0 Å². The van der Waals surface area contributed by atoms with Crippen molar-refractivity contribution in [2.75, 3.05) is 0 Å². The molecule has 0 aromatic heterocycles. The van der Waals surface area contributed by atoms with Crippen LogP contribution >= 0.6 is 0 Å². The molecule has 9 heteroatoms. The maximum absolute atomic E-state index is 11.3. The Morgan fingerprint density at radius 2 is 0.846 bits per heavy atom. The molecule has 0 bridgehead atoms. The van der Waals surface area contributed by atoms with E-state index in [2.05, 4.69) is 13.8 Å². The van der Waals surface area contributed by atoms with Crippen LogP contribution in [0.25, 0.3) is 21.5 Å². The fourth-order valence-electron chi connectivity index (χ4n) is 4.67. The van der Waals surface area contributed by atoms with E-state index in [1.165, 1.54) is 12.1 Å². The zero-order valence-electron chi connectivity index (χ0n) is 22.6. The van der Waals surface area contributed by atoms with Crippen molar-refractivity contribution >= 4 is 79.5 Å². The zero-order chi connectivity index (χ0) is 27.8. The normalized spacial score (nSPS) is 11.6. The van der Waals surface area contributed by atoms with E-state index in [0.29, 0.717) is 10.8 Å². The predicted molar refractivity (Wildman–Crippen MR) is 156 cm³/mol. The molecule has 0 aliphatic rings. The second kappa shape index (κ2) is 15.5. The molecule has 0 amide bonds. The van der Waals surface area contributed by atoms with E-state index in [0.717, 1.165) is 73.3 Å². The first-order chi connectivity index (χ1) is 18.1. The molecule has 4 aromatic carbocycles. The van der Waals surface area contributed by atoms with Gasteiger partial charge in [-0.2, -0.15) is 0 Å². The van der Waals surface area contributed by atoms with Gasteiger partial charge in [-0.3, -0.25) is 0 Å². The molecule has 0 fully saturated rings. The van der Waals surface area contributed by atoms with Crippen LogP contribution in [0.1, 0.15) is 63.5 Å². The average Bonchev–Trinajstić information content (AvgIpc) is 2.88. The Morgan fingerprint density at radius 3 is 1.15 bits per heavy atom. The molecule has 0 aliphatic heterocycles. The van der Waals surface area contributed by atoms with Crippen molar-refractivity contribution in [1.29, 1.82) is 0 Å². The van der Waals surface area contributed by atoms with Crippen LogP contribution in [0.5, 0.6) is 0 Å². The fraction of sp³-hybridized carbons (Fsp3) is 0.333. The number of fused-ring (bicyclic) bond motifs is 2. The van der Waals surface area contributed by atoms with Gasteiger partial charge in [-0.15, -0.1) is 0 Å². The first-order valence-corrected chi connectivity index (χ1v) is 15.8. The predicted octanol–water partition coefficient (Wildman–Crippen LogP) is 6.57. The first kappa shape index (κ1) is 33.7. The number of rotatable bonds is 10. The summed E-state index contributed by atoms with van der Waals surface area (Å²) >= 11 is 0. The third-order valence-corrected chi connectivity index (χ3v) is 8.38. The van der Waals surface area contributed by atoms with E-state index in [1.54, 1.807) is 36.4 Å². The van der Waals surface area contributed by atoms with Crippen LogP contribution in [0.2, 0.25) is 0 Å². The molecule has 0 atom stereocenters. The summed E-state index contributed by atoms with van der Waals surface area (Å²) in [6.45, 7) is 4.29. The molecule has 204 valence electrons. The van der Waals surface area contributed by atoms with Crippen LogP contribution in [0.4, 0.5) is 0 Å². The molecule has 4 rings (SSSR count). The topological polar surface area (TPSA) is 114 Å². The molecule has 0 saturated heterocycles. The molecule has 6 nitrogen and oxygen atoms in total. The maximum Gasteiger partial charge on any atom is 2.00 e. The van der Waals surface area contributed by atoms with E-state index >= 15 is 0 Å². The van der Waals surface area contributed by atoms with E-state index < -0.39 is 20.2 Å². The number of unbranched alkanes of at least 4 members (excludes halogenated alkanes) is 4. The summed E-state index contributed by atoms with van der Waals surface area (Å²) in [5.74, 6) is 0. The molecular weight excluding hydrogens is 561 g/mol. The largest absolute Gasteiger partial charge is 2.00 e. The van der Waals surface area contributed by atoms with E-state index in [1.807, 2.05) is 24.3 Å². The Hall–Kier alpha value is -1.52. The molecule has 4 aromatic rings. The quantitative estimate of drug-likeness (QED) is 0.116. The van der Waals surface area contributed by atoms with Gasteiger partial charge in [-0.25, -0.2) is 16.8 Å². The molecule has 39 heavy (non-hydrogen) atoms. The van der Waals surface area contributed by atoms with Crippen LogP contribution in [-0.2, 0) is 33.1 Å². The van der Waals surface area contributed by atoms with E-state index in [-0.39, 0.29) is 47.5 Å². The van der Waals surface area contributed by atoms with Gasteiger partial charge in [-0.05, 0) is 70.5 Å². The van der Waals surface area contributed by atoms with Crippen molar-refractivity contribution in [2.45, 2.75) is 75.0 Å². The van der Waals surface area contributed by atoms with Crippen LogP contribution in [0.15, 0.2) is 82.6 Å². The van der Waals surface area contributed by atoms with E-state index in [9.17, 15) is 25.9 Å². The van der Waals surface area contributed by atoms with Gasteiger partial charge in [0.25, 0.3) is 0 Å². The smallest absolute Gasteiger partial charge is 0.744 e. The minimum Gasteiger partial charge on any atom is -0.744 e. The third-order valence-electron chi connectivity index (χ3n) is 6.59. The fourth-order valence-corrected chi connectivity index (χ4v) is 6.03. The van der Waals surface area contributed by atoms with Gasteiger partial charge in [0, 0.05) is 0 Å². The monoisotopic (exact) mass is 594 g/mol. The molecule has 0 spiro atoms. The van der Waals surface area contributed by atoms with Gasteiger partial charge in [-0.1, -0.05) is 100 Å². The Labute approximate surface area is 262 Å². The van der Waals surface area contributed by atoms with Gasteiger partial charge in [0.15, 0.2) is 0 Å². The minimum absolute atomic E-state index is 0. The summed E-state index contributed by atoms with van der Waals surface area (Å²) in [6.07, 6.45) is 8.55. The maximum atomic E-state index is 11.3.